The van der Waals surface area contributed by atoms with E-state index in [1.165, 1.54) is 0 Å². The molecular formula is C55H34N4O2. The molecule has 0 unspecified atom stereocenters. The van der Waals surface area contributed by atoms with Crippen LogP contribution in [0.2, 0.25) is 0 Å². The van der Waals surface area contributed by atoms with Gasteiger partial charge in [0.25, 0.3) is 0 Å². The highest BCUT2D eigenvalue weighted by atomic mass is 16.3. The Morgan fingerprint density at radius 1 is 0.311 bits per heavy atom. The number of furan rings is 2. The van der Waals surface area contributed by atoms with Gasteiger partial charge in [0, 0.05) is 55.7 Å². The molecule has 0 aliphatic rings. The number of hydrogen-bond acceptors (Lipinski definition) is 6. The van der Waals surface area contributed by atoms with Crippen LogP contribution in [0.5, 0.6) is 0 Å². The quantitative estimate of drug-likeness (QED) is 0.160. The third-order valence-corrected chi connectivity index (χ3v) is 11.5. The van der Waals surface area contributed by atoms with Crippen LogP contribution >= 0.6 is 0 Å². The first-order valence-electron chi connectivity index (χ1n) is 20.3. The van der Waals surface area contributed by atoms with Crippen LogP contribution in [-0.2, 0) is 0 Å². The molecular weight excluding hydrogens is 749 g/mol. The minimum Gasteiger partial charge on any atom is -0.456 e. The molecule has 0 atom stereocenters. The molecule has 0 aliphatic carbocycles. The van der Waals surface area contributed by atoms with Gasteiger partial charge < -0.3 is 13.7 Å². The van der Waals surface area contributed by atoms with E-state index in [1.54, 1.807) is 0 Å². The summed E-state index contributed by atoms with van der Waals surface area (Å²) in [4.78, 5) is 18.1. The second-order valence-corrected chi connectivity index (χ2v) is 15.2. The first kappa shape index (κ1) is 34.7. The highest BCUT2D eigenvalue weighted by molar-refractivity contribution is 6.14. The highest BCUT2D eigenvalue weighted by Gasteiger charge is 2.23. The number of hydrogen-bond donors (Lipinski definition) is 0. The summed E-state index contributed by atoms with van der Waals surface area (Å²) >= 11 is 0. The van der Waals surface area contributed by atoms with Crippen LogP contribution in [0.4, 0.5) is 17.1 Å². The molecule has 0 N–H and O–H groups in total. The summed E-state index contributed by atoms with van der Waals surface area (Å²) in [5.74, 6) is 1.73. The van der Waals surface area contributed by atoms with Gasteiger partial charge in [0.15, 0.2) is 17.5 Å². The predicted octanol–water partition coefficient (Wildman–Crippen LogP) is 15.0. The molecule has 0 radical (unpaired) electrons. The van der Waals surface area contributed by atoms with Gasteiger partial charge in [-0.15, -0.1) is 0 Å². The Kier molecular flexibility index (Phi) is 8.06. The molecule has 286 valence electrons. The van der Waals surface area contributed by atoms with Gasteiger partial charge in [0.2, 0.25) is 0 Å². The number of rotatable bonds is 7. The summed E-state index contributed by atoms with van der Waals surface area (Å²) in [6.07, 6.45) is 0. The molecule has 0 amide bonds. The van der Waals surface area contributed by atoms with Gasteiger partial charge in [0.1, 0.15) is 22.3 Å². The first-order chi connectivity index (χ1) is 30.2. The fourth-order valence-corrected chi connectivity index (χ4v) is 8.63. The van der Waals surface area contributed by atoms with E-state index in [1.807, 2.05) is 66.7 Å². The van der Waals surface area contributed by atoms with Gasteiger partial charge in [-0.25, -0.2) is 15.0 Å². The third-order valence-electron chi connectivity index (χ3n) is 11.5. The number of benzene rings is 9. The van der Waals surface area contributed by atoms with Crippen molar-refractivity contribution >= 4 is 71.7 Å². The lowest BCUT2D eigenvalue weighted by atomic mass is 10.0. The molecule has 0 bridgehead atoms. The van der Waals surface area contributed by atoms with Crippen LogP contribution in [0.1, 0.15) is 0 Å². The minimum absolute atomic E-state index is 0.547. The van der Waals surface area contributed by atoms with Crippen molar-refractivity contribution in [1.82, 2.24) is 15.0 Å². The lowest BCUT2D eigenvalue weighted by molar-refractivity contribution is 0.668. The molecule has 0 fully saturated rings. The van der Waals surface area contributed by atoms with Gasteiger partial charge in [-0.2, -0.15) is 0 Å². The Morgan fingerprint density at radius 3 is 1.66 bits per heavy atom. The van der Waals surface area contributed by atoms with Gasteiger partial charge in [-0.3, -0.25) is 0 Å². The average Bonchev–Trinajstić information content (AvgIpc) is 3.90. The fourth-order valence-electron chi connectivity index (χ4n) is 8.63. The van der Waals surface area contributed by atoms with Crippen molar-refractivity contribution in [1.29, 1.82) is 0 Å². The molecule has 9 aromatic carbocycles. The predicted molar refractivity (Wildman–Crippen MR) is 248 cm³/mol. The summed E-state index contributed by atoms with van der Waals surface area (Å²) in [6.45, 7) is 0. The summed E-state index contributed by atoms with van der Waals surface area (Å²) in [6, 6.07) is 71.0. The molecule has 6 nitrogen and oxygen atoms in total. The average molecular weight is 783 g/mol. The van der Waals surface area contributed by atoms with E-state index in [4.69, 9.17) is 23.8 Å². The third kappa shape index (κ3) is 6.00. The van der Waals surface area contributed by atoms with Gasteiger partial charge in [-0.1, -0.05) is 152 Å². The molecule has 12 aromatic rings. The zero-order chi connectivity index (χ0) is 40.3. The van der Waals surface area contributed by atoms with E-state index in [2.05, 4.69) is 144 Å². The monoisotopic (exact) mass is 782 g/mol. The van der Waals surface area contributed by atoms with E-state index in [-0.39, 0.29) is 0 Å². The second-order valence-electron chi connectivity index (χ2n) is 15.2. The molecule has 0 saturated carbocycles. The Bertz CT molecular complexity index is 3590. The number of nitrogens with zero attached hydrogens (tertiary/aromatic N) is 4. The molecule has 6 heteroatoms. The largest absolute Gasteiger partial charge is 0.456 e. The van der Waals surface area contributed by atoms with Crippen molar-refractivity contribution < 1.29 is 8.83 Å². The van der Waals surface area contributed by atoms with Crippen molar-refractivity contribution in [2.45, 2.75) is 0 Å². The molecule has 0 spiro atoms. The van der Waals surface area contributed by atoms with E-state index < -0.39 is 0 Å². The number of fused-ring (bicyclic) bond motifs is 7. The maximum absolute atomic E-state index is 6.74. The number of para-hydroxylation sites is 2. The SMILES string of the molecule is c1ccc(-c2ccc(N(c3cc(-c4nc(-c5ccccc5)nc(-c5cccc6ccccc56)n4)c4c(c3)oc3ccccc34)c3ccc4oc5ccccc5c4c3)cc2)cc1. The van der Waals surface area contributed by atoms with Gasteiger partial charge >= 0.3 is 0 Å². The van der Waals surface area contributed by atoms with Crippen molar-refractivity contribution in [3.8, 4) is 45.3 Å². The van der Waals surface area contributed by atoms with Crippen LogP contribution in [0, 0.1) is 0 Å². The molecule has 61 heavy (non-hydrogen) atoms. The standard InChI is InChI=1S/C55H34N4O2/c1-3-14-35(15-4-1)36-26-28-39(29-27-36)59(40-30-31-50-46(32-40)43-21-9-11-24-48(43)60-50)41-33-47(52-45-22-10-12-25-49(45)61-51(52)34-41)55-57-53(38-17-5-2-6-18-38)56-54(58-55)44-23-13-19-37-16-7-8-20-42(37)44/h1-34H. The van der Waals surface area contributed by atoms with E-state index in [0.29, 0.717) is 17.5 Å². The summed E-state index contributed by atoms with van der Waals surface area (Å²) in [5.41, 5.74) is 11.0. The lowest BCUT2D eigenvalue weighted by Gasteiger charge is -2.26. The smallest absolute Gasteiger partial charge is 0.164 e. The topological polar surface area (TPSA) is 68.2 Å². The van der Waals surface area contributed by atoms with E-state index in [0.717, 1.165) is 99.5 Å². The first-order valence-corrected chi connectivity index (χ1v) is 20.3. The fraction of sp³-hybridized carbons (Fsp3) is 0. The van der Waals surface area contributed by atoms with Crippen molar-refractivity contribution in [2.24, 2.45) is 0 Å². The van der Waals surface area contributed by atoms with Crippen LogP contribution in [0.3, 0.4) is 0 Å². The maximum Gasteiger partial charge on any atom is 0.164 e. The normalized spacial score (nSPS) is 11.6. The Hall–Kier alpha value is -8.35. The minimum atomic E-state index is 0.547. The zero-order valence-corrected chi connectivity index (χ0v) is 32.7. The molecule has 3 heterocycles. The van der Waals surface area contributed by atoms with E-state index in [9.17, 15) is 0 Å². The summed E-state index contributed by atoms with van der Waals surface area (Å²) in [7, 11) is 0. The maximum atomic E-state index is 6.74. The summed E-state index contributed by atoms with van der Waals surface area (Å²) < 4.78 is 13.0. The van der Waals surface area contributed by atoms with Crippen molar-refractivity contribution in [3.05, 3.63) is 206 Å². The Labute approximate surface area is 350 Å². The van der Waals surface area contributed by atoms with Crippen LogP contribution in [-0.4, -0.2) is 15.0 Å². The van der Waals surface area contributed by atoms with Gasteiger partial charge in [-0.05, 0) is 70.4 Å². The van der Waals surface area contributed by atoms with Crippen LogP contribution in [0.25, 0.3) is 99.9 Å². The molecule has 0 aliphatic heterocycles. The molecule has 0 saturated heterocycles. The molecule has 12 rings (SSSR count). The highest BCUT2D eigenvalue weighted by Crippen LogP contribution is 2.45. The lowest BCUT2D eigenvalue weighted by Crippen LogP contribution is -2.10. The Morgan fingerprint density at radius 2 is 0.869 bits per heavy atom. The van der Waals surface area contributed by atoms with Gasteiger partial charge in [0.05, 0.1) is 5.69 Å². The second kappa shape index (κ2) is 14.2. The van der Waals surface area contributed by atoms with Crippen LogP contribution < -0.4 is 4.90 Å². The van der Waals surface area contributed by atoms with Crippen LogP contribution in [0.15, 0.2) is 215 Å². The van der Waals surface area contributed by atoms with Crippen molar-refractivity contribution in [3.63, 3.8) is 0 Å². The van der Waals surface area contributed by atoms with E-state index >= 15 is 0 Å². The number of anilines is 3. The number of aromatic nitrogens is 3. The van der Waals surface area contributed by atoms with Crippen molar-refractivity contribution in [2.75, 3.05) is 4.90 Å². The molecule has 3 aromatic heterocycles. The zero-order valence-electron chi connectivity index (χ0n) is 32.7. The Balaban J connectivity index is 1.13. The summed E-state index contributed by atoms with van der Waals surface area (Å²) in [5, 5.41) is 6.20.